The molecule has 0 radical (unpaired) electrons. The van der Waals surface area contributed by atoms with Crippen LogP contribution in [0.15, 0.2) is 71.7 Å². The molecule has 0 fully saturated rings. The van der Waals surface area contributed by atoms with Crippen LogP contribution in [0.5, 0.6) is 0 Å². The SMILES string of the molecule is Cc1ncoc1-c1ccc(Nc2nccc(Nc3cccc4[nH]ncc34)n2)cc1. The molecule has 142 valence electrons. The first kappa shape index (κ1) is 16.9. The average molecular weight is 383 g/mol. The largest absolute Gasteiger partial charge is 0.443 e. The van der Waals surface area contributed by atoms with Crippen molar-refractivity contribution in [1.29, 1.82) is 0 Å². The second-order valence-corrected chi connectivity index (χ2v) is 6.50. The Hall–Kier alpha value is -4.20. The summed E-state index contributed by atoms with van der Waals surface area (Å²) in [7, 11) is 0. The number of hydrogen-bond donors (Lipinski definition) is 3. The molecule has 5 rings (SSSR count). The quantitative estimate of drug-likeness (QED) is 0.400. The third-order valence-electron chi connectivity index (χ3n) is 4.55. The van der Waals surface area contributed by atoms with Crippen molar-refractivity contribution in [2.24, 2.45) is 0 Å². The molecule has 8 heteroatoms. The number of H-pyrrole nitrogens is 1. The van der Waals surface area contributed by atoms with Crippen LogP contribution in [0.25, 0.3) is 22.2 Å². The first-order valence-corrected chi connectivity index (χ1v) is 9.06. The van der Waals surface area contributed by atoms with Gasteiger partial charge in [0.15, 0.2) is 12.2 Å². The fourth-order valence-electron chi connectivity index (χ4n) is 3.12. The van der Waals surface area contributed by atoms with Crippen molar-refractivity contribution in [1.82, 2.24) is 25.1 Å². The number of aromatic amines is 1. The summed E-state index contributed by atoms with van der Waals surface area (Å²) in [4.78, 5) is 13.0. The number of nitrogens with one attached hydrogen (secondary N) is 3. The number of fused-ring (bicyclic) bond motifs is 1. The minimum absolute atomic E-state index is 0.498. The maximum absolute atomic E-state index is 5.43. The van der Waals surface area contributed by atoms with Crippen LogP contribution < -0.4 is 10.6 Å². The minimum Gasteiger partial charge on any atom is -0.443 e. The molecule has 0 unspecified atom stereocenters. The molecule has 3 heterocycles. The van der Waals surface area contributed by atoms with Gasteiger partial charge in [-0.1, -0.05) is 6.07 Å². The Labute approximate surface area is 166 Å². The number of hydrogen-bond acceptors (Lipinski definition) is 7. The van der Waals surface area contributed by atoms with Crippen molar-refractivity contribution < 1.29 is 4.42 Å². The number of benzene rings is 2. The molecule has 0 saturated heterocycles. The Kier molecular flexibility index (Phi) is 4.14. The van der Waals surface area contributed by atoms with Gasteiger partial charge in [-0.3, -0.25) is 5.10 Å². The lowest BCUT2D eigenvalue weighted by Crippen LogP contribution is -2.00. The maximum Gasteiger partial charge on any atom is 0.229 e. The van der Waals surface area contributed by atoms with Crippen LogP contribution in [0.3, 0.4) is 0 Å². The molecule has 3 aromatic heterocycles. The van der Waals surface area contributed by atoms with Gasteiger partial charge in [-0.25, -0.2) is 9.97 Å². The molecule has 0 aliphatic heterocycles. The van der Waals surface area contributed by atoms with Gasteiger partial charge in [-0.2, -0.15) is 10.1 Å². The summed E-state index contributed by atoms with van der Waals surface area (Å²) in [6.07, 6.45) is 4.95. The van der Waals surface area contributed by atoms with E-state index < -0.39 is 0 Å². The first-order chi connectivity index (χ1) is 14.3. The zero-order valence-corrected chi connectivity index (χ0v) is 15.5. The third-order valence-corrected chi connectivity index (χ3v) is 4.55. The Morgan fingerprint density at radius 2 is 1.86 bits per heavy atom. The summed E-state index contributed by atoms with van der Waals surface area (Å²) in [6.45, 7) is 1.92. The molecule has 0 aliphatic carbocycles. The lowest BCUT2D eigenvalue weighted by atomic mass is 10.1. The van der Waals surface area contributed by atoms with Gasteiger partial charge in [0.1, 0.15) is 5.82 Å². The van der Waals surface area contributed by atoms with Gasteiger partial charge in [-0.15, -0.1) is 0 Å². The summed E-state index contributed by atoms with van der Waals surface area (Å²) >= 11 is 0. The molecule has 0 amide bonds. The second kappa shape index (κ2) is 7.08. The van der Waals surface area contributed by atoms with Crippen LogP contribution in [0.1, 0.15) is 5.69 Å². The standard InChI is InChI=1S/C21H17N7O/c1-13-20(29-12-23-13)14-5-7-15(8-6-14)25-21-22-10-9-19(27-21)26-17-3-2-4-18-16(17)11-24-28-18/h2-12H,1H3,(H,24,28)(H2,22,25,26,27). The molecule has 0 saturated carbocycles. The number of oxazole rings is 1. The predicted molar refractivity (Wildman–Crippen MR) is 111 cm³/mol. The highest BCUT2D eigenvalue weighted by molar-refractivity contribution is 5.92. The zero-order chi connectivity index (χ0) is 19.6. The van der Waals surface area contributed by atoms with E-state index in [4.69, 9.17) is 4.42 Å². The van der Waals surface area contributed by atoms with Crippen molar-refractivity contribution in [3.05, 3.63) is 73.0 Å². The zero-order valence-electron chi connectivity index (χ0n) is 15.5. The lowest BCUT2D eigenvalue weighted by molar-refractivity contribution is 0.571. The number of aryl methyl sites for hydroxylation is 1. The fraction of sp³-hybridized carbons (Fsp3) is 0.0476. The van der Waals surface area contributed by atoms with E-state index in [0.717, 1.165) is 39.3 Å². The number of anilines is 4. The van der Waals surface area contributed by atoms with Crippen molar-refractivity contribution in [3.63, 3.8) is 0 Å². The summed E-state index contributed by atoms with van der Waals surface area (Å²) in [5.41, 5.74) is 4.59. The molecular weight excluding hydrogens is 366 g/mol. The maximum atomic E-state index is 5.43. The molecular formula is C21H17N7O. The highest BCUT2D eigenvalue weighted by atomic mass is 16.3. The van der Waals surface area contributed by atoms with Gasteiger partial charge in [0.2, 0.25) is 5.95 Å². The van der Waals surface area contributed by atoms with E-state index in [0.29, 0.717) is 11.8 Å². The van der Waals surface area contributed by atoms with Gasteiger partial charge in [0.05, 0.1) is 23.1 Å². The number of aromatic nitrogens is 5. The van der Waals surface area contributed by atoms with Crippen LogP contribution in [0.4, 0.5) is 23.1 Å². The van der Waals surface area contributed by atoms with Crippen molar-refractivity contribution >= 4 is 34.0 Å². The number of nitrogens with zero attached hydrogens (tertiary/aromatic N) is 4. The number of rotatable bonds is 5. The van der Waals surface area contributed by atoms with Gasteiger partial charge in [0, 0.05) is 22.8 Å². The average Bonchev–Trinajstić information content (AvgIpc) is 3.38. The predicted octanol–water partition coefficient (Wildman–Crippen LogP) is 4.80. The molecule has 0 bridgehead atoms. The molecule has 8 nitrogen and oxygen atoms in total. The van der Waals surface area contributed by atoms with Gasteiger partial charge >= 0.3 is 0 Å². The van der Waals surface area contributed by atoms with E-state index in [9.17, 15) is 0 Å². The molecule has 0 atom stereocenters. The van der Waals surface area contributed by atoms with Gasteiger partial charge in [-0.05, 0) is 49.4 Å². The second-order valence-electron chi connectivity index (χ2n) is 6.50. The summed E-state index contributed by atoms with van der Waals surface area (Å²) < 4.78 is 5.43. The van der Waals surface area contributed by atoms with E-state index in [-0.39, 0.29) is 0 Å². The van der Waals surface area contributed by atoms with E-state index >= 15 is 0 Å². The lowest BCUT2D eigenvalue weighted by Gasteiger charge is -2.09. The molecule has 0 aliphatic rings. The highest BCUT2D eigenvalue weighted by Gasteiger charge is 2.08. The highest BCUT2D eigenvalue weighted by Crippen LogP contribution is 2.26. The van der Waals surface area contributed by atoms with Crippen LogP contribution >= 0.6 is 0 Å². The van der Waals surface area contributed by atoms with E-state index in [1.165, 1.54) is 6.39 Å². The monoisotopic (exact) mass is 383 g/mol. The summed E-state index contributed by atoms with van der Waals surface area (Å²) in [6, 6.07) is 15.6. The van der Waals surface area contributed by atoms with Crippen molar-refractivity contribution in [2.75, 3.05) is 10.6 Å². The topological polar surface area (TPSA) is 105 Å². The Bertz CT molecular complexity index is 1270. The van der Waals surface area contributed by atoms with Crippen LogP contribution in [-0.2, 0) is 0 Å². The minimum atomic E-state index is 0.498. The molecule has 0 spiro atoms. The first-order valence-electron chi connectivity index (χ1n) is 9.06. The molecule has 2 aromatic carbocycles. The van der Waals surface area contributed by atoms with Crippen molar-refractivity contribution in [3.8, 4) is 11.3 Å². The Morgan fingerprint density at radius 3 is 2.69 bits per heavy atom. The summed E-state index contributed by atoms with van der Waals surface area (Å²) in [5, 5.41) is 14.6. The van der Waals surface area contributed by atoms with Crippen LogP contribution in [-0.4, -0.2) is 25.1 Å². The van der Waals surface area contributed by atoms with Crippen LogP contribution in [0.2, 0.25) is 0 Å². The van der Waals surface area contributed by atoms with Crippen molar-refractivity contribution in [2.45, 2.75) is 6.92 Å². The molecule has 29 heavy (non-hydrogen) atoms. The van der Waals surface area contributed by atoms with Crippen LogP contribution in [0, 0.1) is 6.92 Å². The van der Waals surface area contributed by atoms with E-state index in [2.05, 4.69) is 35.8 Å². The Balaban J connectivity index is 1.35. The fourth-order valence-corrected chi connectivity index (χ4v) is 3.12. The van der Waals surface area contributed by atoms with Gasteiger partial charge < -0.3 is 15.1 Å². The smallest absolute Gasteiger partial charge is 0.229 e. The van der Waals surface area contributed by atoms with E-state index in [1.54, 1.807) is 12.4 Å². The summed E-state index contributed by atoms with van der Waals surface area (Å²) in [5.74, 6) is 1.95. The molecule has 5 aromatic rings. The normalized spacial score (nSPS) is 10.9. The van der Waals surface area contributed by atoms with E-state index in [1.807, 2.05) is 55.5 Å². The third kappa shape index (κ3) is 3.39. The van der Waals surface area contributed by atoms with Gasteiger partial charge in [0.25, 0.3) is 0 Å². The Morgan fingerprint density at radius 1 is 0.966 bits per heavy atom. The molecule has 3 N–H and O–H groups in total.